The molecule has 1 fully saturated rings. The zero-order valence-electron chi connectivity index (χ0n) is 12.3. The van der Waals surface area contributed by atoms with Gasteiger partial charge in [-0.3, -0.25) is 14.9 Å². The van der Waals surface area contributed by atoms with Crippen molar-refractivity contribution in [3.05, 3.63) is 33.9 Å². The van der Waals surface area contributed by atoms with Gasteiger partial charge in [-0.15, -0.1) is 0 Å². The van der Waals surface area contributed by atoms with Gasteiger partial charge in [-0.2, -0.15) is 0 Å². The monoisotopic (exact) mass is 292 g/mol. The van der Waals surface area contributed by atoms with Gasteiger partial charge in [-0.05, 0) is 18.9 Å². The second-order valence-corrected chi connectivity index (χ2v) is 5.22. The molecule has 6 nitrogen and oxygen atoms in total. The minimum Gasteiger partial charge on any atom is -0.371 e. The SMILES string of the molecule is CCC1CN(c2ccc([N+](=O)[O-])cc2C=O)CC(CC)O1. The third-order valence-electron chi connectivity index (χ3n) is 3.83. The predicted octanol–water partition coefficient (Wildman–Crippen LogP) is 2.80. The summed E-state index contributed by atoms with van der Waals surface area (Å²) in [7, 11) is 0. The Labute approximate surface area is 123 Å². The number of ether oxygens (including phenoxy) is 1. The first-order valence-electron chi connectivity index (χ1n) is 7.23. The number of hydrogen-bond acceptors (Lipinski definition) is 5. The van der Waals surface area contributed by atoms with Gasteiger partial charge >= 0.3 is 0 Å². The maximum Gasteiger partial charge on any atom is 0.270 e. The summed E-state index contributed by atoms with van der Waals surface area (Å²) in [6.45, 7) is 5.53. The number of anilines is 1. The van der Waals surface area contributed by atoms with Crippen LogP contribution in [-0.4, -0.2) is 36.5 Å². The van der Waals surface area contributed by atoms with Crippen LogP contribution in [0.25, 0.3) is 0 Å². The number of aldehydes is 1. The first-order valence-corrected chi connectivity index (χ1v) is 7.23. The van der Waals surface area contributed by atoms with Gasteiger partial charge in [-0.1, -0.05) is 13.8 Å². The number of rotatable bonds is 5. The Morgan fingerprint density at radius 3 is 2.43 bits per heavy atom. The van der Waals surface area contributed by atoms with Crippen LogP contribution < -0.4 is 4.90 Å². The van der Waals surface area contributed by atoms with Gasteiger partial charge in [0.05, 0.1) is 17.1 Å². The van der Waals surface area contributed by atoms with E-state index in [1.54, 1.807) is 6.07 Å². The largest absolute Gasteiger partial charge is 0.371 e. The summed E-state index contributed by atoms with van der Waals surface area (Å²) >= 11 is 0. The van der Waals surface area contributed by atoms with Crippen molar-refractivity contribution in [1.82, 2.24) is 0 Å². The lowest BCUT2D eigenvalue weighted by Crippen LogP contribution is -2.47. The lowest BCUT2D eigenvalue weighted by molar-refractivity contribution is -0.384. The van der Waals surface area contributed by atoms with E-state index in [0.29, 0.717) is 24.9 Å². The molecule has 2 atom stereocenters. The van der Waals surface area contributed by atoms with E-state index < -0.39 is 4.92 Å². The minimum absolute atomic E-state index is 0.0619. The molecule has 0 radical (unpaired) electrons. The van der Waals surface area contributed by atoms with E-state index in [2.05, 4.69) is 18.7 Å². The highest BCUT2D eigenvalue weighted by Crippen LogP contribution is 2.28. The van der Waals surface area contributed by atoms with Crippen LogP contribution in [0.15, 0.2) is 18.2 Å². The first kappa shape index (κ1) is 15.4. The first-order chi connectivity index (χ1) is 10.1. The van der Waals surface area contributed by atoms with E-state index >= 15 is 0 Å². The lowest BCUT2D eigenvalue weighted by Gasteiger charge is -2.39. The molecular weight excluding hydrogens is 272 g/mol. The Morgan fingerprint density at radius 1 is 1.33 bits per heavy atom. The maximum absolute atomic E-state index is 11.3. The lowest BCUT2D eigenvalue weighted by atomic mass is 10.1. The predicted molar refractivity (Wildman–Crippen MR) is 79.9 cm³/mol. The average Bonchev–Trinajstić information content (AvgIpc) is 2.53. The summed E-state index contributed by atoms with van der Waals surface area (Å²) in [6, 6.07) is 4.44. The topological polar surface area (TPSA) is 72.7 Å². The summed E-state index contributed by atoms with van der Waals surface area (Å²) in [5.41, 5.74) is 1.04. The van der Waals surface area contributed by atoms with Crippen molar-refractivity contribution in [2.24, 2.45) is 0 Å². The molecule has 21 heavy (non-hydrogen) atoms. The van der Waals surface area contributed by atoms with E-state index in [1.165, 1.54) is 12.1 Å². The summed E-state index contributed by atoms with van der Waals surface area (Å²) in [5.74, 6) is 0. The molecule has 1 aromatic rings. The van der Waals surface area contributed by atoms with Gasteiger partial charge in [0.1, 0.15) is 0 Å². The van der Waals surface area contributed by atoms with Crippen molar-refractivity contribution in [3.63, 3.8) is 0 Å². The molecule has 0 saturated carbocycles. The molecule has 2 rings (SSSR count). The summed E-state index contributed by atoms with van der Waals surface area (Å²) in [6.07, 6.45) is 2.73. The molecular formula is C15H20N2O4. The Hall–Kier alpha value is -1.95. The molecule has 1 heterocycles. The zero-order chi connectivity index (χ0) is 15.4. The fraction of sp³-hybridized carbons (Fsp3) is 0.533. The van der Waals surface area contributed by atoms with Crippen molar-refractivity contribution in [1.29, 1.82) is 0 Å². The van der Waals surface area contributed by atoms with Gasteiger partial charge in [0.25, 0.3) is 5.69 Å². The number of nitro benzene ring substituents is 1. The molecule has 1 aliphatic rings. The van der Waals surface area contributed by atoms with E-state index in [0.717, 1.165) is 18.5 Å². The van der Waals surface area contributed by atoms with Crippen molar-refractivity contribution >= 4 is 17.7 Å². The van der Waals surface area contributed by atoms with Crippen LogP contribution in [0.2, 0.25) is 0 Å². The minimum atomic E-state index is -0.486. The van der Waals surface area contributed by atoms with Crippen molar-refractivity contribution in [3.8, 4) is 0 Å². The zero-order valence-corrected chi connectivity index (χ0v) is 12.3. The Bertz CT molecular complexity index is 520. The molecule has 114 valence electrons. The Kier molecular flexibility index (Phi) is 4.90. The van der Waals surface area contributed by atoms with Gasteiger partial charge < -0.3 is 9.64 Å². The fourth-order valence-electron chi connectivity index (χ4n) is 2.61. The van der Waals surface area contributed by atoms with Crippen LogP contribution in [0.5, 0.6) is 0 Å². The molecule has 0 spiro atoms. The van der Waals surface area contributed by atoms with Crippen LogP contribution in [0.3, 0.4) is 0 Å². The molecule has 2 unspecified atom stereocenters. The van der Waals surface area contributed by atoms with Crippen LogP contribution in [0, 0.1) is 10.1 Å². The highest BCUT2D eigenvalue weighted by molar-refractivity contribution is 5.86. The van der Waals surface area contributed by atoms with Gasteiger partial charge in [0.2, 0.25) is 0 Å². The van der Waals surface area contributed by atoms with Crippen molar-refractivity contribution in [2.45, 2.75) is 38.9 Å². The number of hydrogen-bond donors (Lipinski definition) is 0. The standard InChI is InChI=1S/C15H20N2O4/c1-3-13-8-16(9-14(4-2)21-13)15-6-5-12(17(19)20)7-11(15)10-18/h5-7,10,13-14H,3-4,8-9H2,1-2H3. The van der Waals surface area contributed by atoms with Crippen molar-refractivity contribution in [2.75, 3.05) is 18.0 Å². The molecule has 0 amide bonds. The molecule has 1 aliphatic heterocycles. The number of non-ortho nitro benzene ring substituents is 1. The third kappa shape index (κ3) is 3.39. The average molecular weight is 292 g/mol. The highest BCUT2D eigenvalue weighted by Gasteiger charge is 2.27. The van der Waals surface area contributed by atoms with Crippen LogP contribution in [0.1, 0.15) is 37.0 Å². The van der Waals surface area contributed by atoms with Gasteiger partial charge in [-0.25, -0.2) is 0 Å². The van der Waals surface area contributed by atoms with E-state index in [4.69, 9.17) is 4.74 Å². The smallest absolute Gasteiger partial charge is 0.270 e. The fourth-order valence-corrected chi connectivity index (χ4v) is 2.61. The molecule has 6 heteroatoms. The number of morpholine rings is 1. The number of carbonyl (C=O) groups excluding carboxylic acids is 1. The molecule has 1 saturated heterocycles. The quantitative estimate of drug-likeness (QED) is 0.474. The van der Waals surface area contributed by atoms with Crippen molar-refractivity contribution < 1.29 is 14.5 Å². The second kappa shape index (κ2) is 6.67. The van der Waals surface area contributed by atoms with E-state index in [1.807, 2.05) is 0 Å². The second-order valence-electron chi connectivity index (χ2n) is 5.22. The number of nitrogens with zero attached hydrogens (tertiary/aromatic N) is 2. The van der Waals surface area contributed by atoms with Gasteiger partial charge in [0, 0.05) is 36.5 Å². The third-order valence-corrected chi connectivity index (χ3v) is 3.83. The number of carbonyl (C=O) groups is 1. The normalized spacial score (nSPS) is 22.1. The van der Waals surface area contributed by atoms with Crippen LogP contribution in [0.4, 0.5) is 11.4 Å². The van der Waals surface area contributed by atoms with Crippen LogP contribution in [-0.2, 0) is 4.74 Å². The van der Waals surface area contributed by atoms with E-state index in [9.17, 15) is 14.9 Å². The summed E-state index contributed by atoms with van der Waals surface area (Å²) < 4.78 is 5.93. The highest BCUT2D eigenvalue weighted by atomic mass is 16.6. The molecule has 0 aromatic heterocycles. The molecule has 0 N–H and O–H groups in total. The van der Waals surface area contributed by atoms with E-state index in [-0.39, 0.29) is 17.9 Å². The maximum atomic E-state index is 11.3. The molecule has 0 aliphatic carbocycles. The number of nitro groups is 1. The van der Waals surface area contributed by atoms with Crippen LogP contribution >= 0.6 is 0 Å². The molecule has 1 aromatic carbocycles. The Balaban J connectivity index is 2.31. The summed E-state index contributed by atoms with van der Waals surface area (Å²) in [5, 5.41) is 10.8. The molecule has 0 bridgehead atoms. The Morgan fingerprint density at radius 2 is 1.95 bits per heavy atom. The summed E-state index contributed by atoms with van der Waals surface area (Å²) in [4.78, 5) is 23.7. The van der Waals surface area contributed by atoms with Gasteiger partial charge in [0.15, 0.2) is 6.29 Å². The number of benzene rings is 1.